The number of hydrogen-bond acceptors (Lipinski definition) is 0. The van der Waals surface area contributed by atoms with Gasteiger partial charge in [-0.3, -0.25) is 0 Å². The van der Waals surface area contributed by atoms with Crippen LogP contribution >= 0.6 is 0 Å². The van der Waals surface area contributed by atoms with Gasteiger partial charge in [0.25, 0.3) is 0 Å². The molecule has 0 spiro atoms. The molecule has 0 radical (unpaired) electrons. The third-order valence-electron chi connectivity index (χ3n) is 7.23. The standard InChI is InChI=1S/C28H30GeSi/c1-24(29(2,25-16-8-4-9-17-25)26-18-10-5-11-19-26)30(3,27-20-12-6-13-21-27)28-22-14-7-15-23-28/h4-24H,1-3H3/t24-/m1/s1. The molecule has 150 valence electrons. The molecule has 0 heterocycles. The van der Waals surface area contributed by atoms with E-state index >= 15 is 0 Å². The molecule has 0 aliphatic rings. The van der Waals surface area contributed by atoms with E-state index in [0.717, 1.165) is 0 Å². The second-order valence-electron chi connectivity index (χ2n) is 8.59. The van der Waals surface area contributed by atoms with E-state index < -0.39 is 21.3 Å². The van der Waals surface area contributed by atoms with Gasteiger partial charge in [0.2, 0.25) is 0 Å². The minimum absolute atomic E-state index is 0.618. The third kappa shape index (κ3) is 3.61. The Morgan fingerprint density at radius 2 is 0.833 bits per heavy atom. The summed E-state index contributed by atoms with van der Waals surface area (Å²) in [5, 5.41) is 3.07. The molecule has 4 rings (SSSR count). The van der Waals surface area contributed by atoms with Gasteiger partial charge in [-0.2, -0.15) is 0 Å². The van der Waals surface area contributed by atoms with Crippen LogP contribution in [0.4, 0.5) is 0 Å². The van der Waals surface area contributed by atoms with Crippen LogP contribution in [-0.4, -0.2) is 21.3 Å². The maximum atomic E-state index is 2.63. The molecule has 0 bridgehead atoms. The average molecular weight is 467 g/mol. The summed E-state index contributed by atoms with van der Waals surface area (Å²) in [6.07, 6.45) is 0. The molecular formula is C28H30GeSi. The van der Waals surface area contributed by atoms with Crippen LogP contribution in [-0.2, 0) is 0 Å². The third-order valence-corrected chi connectivity index (χ3v) is 28.7. The summed E-state index contributed by atoms with van der Waals surface area (Å²) in [6.45, 7) is 5.16. The van der Waals surface area contributed by atoms with Crippen molar-refractivity contribution in [1.29, 1.82) is 0 Å². The summed E-state index contributed by atoms with van der Waals surface area (Å²) in [7, 11) is -2.02. The molecule has 30 heavy (non-hydrogen) atoms. The predicted octanol–water partition coefficient (Wildman–Crippen LogP) is 4.70. The Hall–Kier alpha value is -2.36. The predicted molar refractivity (Wildman–Crippen MR) is 137 cm³/mol. The van der Waals surface area contributed by atoms with Gasteiger partial charge in [-0.15, -0.1) is 0 Å². The zero-order chi connectivity index (χ0) is 21.0. The molecular weight excluding hydrogens is 437 g/mol. The molecule has 0 aliphatic carbocycles. The molecule has 0 N–H and O–H groups in total. The van der Waals surface area contributed by atoms with Crippen molar-refractivity contribution in [2.75, 3.05) is 0 Å². The van der Waals surface area contributed by atoms with Crippen LogP contribution in [0.1, 0.15) is 6.92 Å². The zero-order valence-corrected chi connectivity index (χ0v) is 21.2. The van der Waals surface area contributed by atoms with E-state index in [1.54, 1.807) is 8.79 Å². The van der Waals surface area contributed by atoms with E-state index in [1.807, 2.05) is 0 Å². The zero-order valence-electron chi connectivity index (χ0n) is 18.1. The SMILES string of the molecule is C[C@@H]([Si](C)(c1ccccc1)c1ccccc1)[Ge]([CH3])([c]1ccccc1)[c]1ccccc1. The van der Waals surface area contributed by atoms with Crippen LogP contribution in [0.3, 0.4) is 0 Å². The first-order valence-corrected chi connectivity index (χ1v) is 18.8. The Morgan fingerprint density at radius 3 is 1.17 bits per heavy atom. The first-order valence-electron chi connectivity index (χ1n) is 10.8. The van der Waals surface area contributed by atoms with Crippen molar-refractivity contribution in [3.05, 3.63) is 121 Å². The van der Waals surface area contributed by atoms with Gasteiger partial charge in [0.05, 0.1) is 0 Å². The van der Waals surface area contributed by atoms with Crippen LogP contribution in [0.5, 0.6) is 0 Å². The number of hydrogen-bond donors (Lipinski definition) is 0. The van der Waals surface area contributed by atoms with E-state index in [2.05, 4.69) is 141 Å². The van der Waals surface area contributed by atoms with Gasteiger partial charge < -0.3 is 0 Å². The molecule has 0 saturated heterocycles. The molecule has 0 aromatic heterocycles. The van der Waals surface area contributed by atoms with Gasteiger partial charge in [0.15, 0.2) is 0 Å². The second kappa shape index (κ2) is 8.79. The average Bonchev–Trinajstić information content (AvgIpc) is 2.84. The summed E-state index contributed by atoms with van der Waals surface area (Å²) in [6, 6.07) is 45.3. The molecule has 0 fully saturated rings. The summed E-state index contributed by atoms with van der Waals surface area (Å²) < 4.78 is 3.76. The maximum absolute atomic E-state index is 2.72. The Balaban J connectivity index is 1.98. The summed E-state index contributed by atoms with van der Waals surface area (Å²) in [4.78, 5) is 0. The fourth-order valence-electron chi connectivity index (χ4n) is 5.05. The second-order valence-corrected chi connectivity index (χ2v) is 23.5. The van der Waals surface area contributed by atoms with Crippen LogP contribution in [0.2, 0.25) is 16.7 Å². The molecule has 2 heteroatoms. The summed E-state index contributed by atoms with van der Waals surface area (Å²) >= 11 is -2.72. The van der Waals surface area contributed by atoms with Gasteiger partial charge in [-0.25, -0.2) is 0 Å². The quantitative estimate of drug-likeness (QED) is 0.361. The fourth-order valence-corrected chi connectivity index (χ4v) is 26.9. The van der Waals surface area contributed by atoms with E-state index in [9.17, 15) is 0 Å². The molecule has 0 unspecified atom stereocenters. The van der Waals surface area contributed by atoms with Crippen molar-refractivity contribution in [2.45, 2.75) is 23.6 Å². The fraction of sp³-hybridized carbons (Fsp3) is 0.143. The Bertz CT molecular complexity index is 895. The molecule has 0 nitrogen and oxygen atoms in total. The Morgan fingerprint density at radius 1 is 0.533 bits per heavy atom. The summed E-state index contributed by atoms with van der Waals surface area (Å²) in [5.74, 6) is 2.63. The normalized spacial score (nSPS) is 13.0. The molecule has 0 amide bonds. The van der Waals surface area contributed by atoms with Crippen LogP contribution in [0.15, 0.2) is 121 Å². The van der Waals surface area contributed by atoms with Crippen molar-refractivity contribution in [1.82, 2.24) is 0 Å². The van der Waals surface area contributed by atoms with Gasteiger partial charge >= 0.3 is 185 Å². The van der Waals surface area contributed by atoms with E-state index in [1.165, 1.54) is 10.4 Å². The minimum atomic E-state index is -2.72. The molecule has 4 aromatic rings. The van der Waals surface area contributed by atoms with Crippen LogP contribution < -0.4 is 19.2 Å². The number of benzene rings is 4. The van der Waals surface area contributed by atoms with Gasteiger partial charge in [-0.1, -0.05) is 0 Å². The molecule has 1 atom stereocenters. The van der Waals surface area contributed by atoms with Crippen molar-refractivity contribution in [3.8, 4) is 0 Å². The summed E-state index contributed by atoms with van der Waals surface area (Å²) in [5.41, 5.74) is 0. The van der Waals surface area contributed by atoms with Crippen molar-refractivity contribution >= 4 is 40.5 Å². The first kappa shape index (κ1) is 20.9. The molecule has 0 saturated carbocycles. The Labute approximate surface area is 185 Å². The van der Waals surface area contributed by atoms with Gasteiger partial charge in [0.1, 0.15) is 0 Å². The van der Waals surface area contributed by atoms with Gasteiger partial charge in [0, 0.05) is 0 Å². The Kier molecular flexibility index (Phi) is 6.12. The topological polar surface area (TPSA) is 0 Å². The molecule has 0 aliphatic heterocycles. The van der Waals surface area contributed by atoms with Crippen molar-refractivity contribution in [3.63, 3.8) is 0 Å². The van der Waals surface area contributed by atoms with E-state index in [4.69, 9.17) is 0 Å². The van der Waals surface area contributed by atoms with Crippen molar-refractivity contribution < 1.29 is 0 Å². The van der Waals surface area contributed by atoms with Gasteiger partial charge in [-0.05, 0) is 0 Å². The first-order chi connectivity index (χ1) is 14.6. The van der Waals surface area contributed by atoms with E-state index in [0.29, 0.717) is 4.37 Å². The van der Waals surface area contributed by atoms with E-state index in [-0.39, 0.29) is 0 Å². The van der Waals surface area contributed by atoms with Crippen LogP contribution in [0.25, 0.3) is 0 Å². The monoisotopic (exact) mass is 468 g/mol. The molecule has 4 aromatic carbocycles. The van der Waals surface area contributed by atoms with Crippen molar-refractivity contribution in [2.24, 2.45) is 0 Å². The number of rotatable bonds is 6. The van der Waals surface area contributed by atoms with Crippen LogP contribution in [0, 0.1) is 0 Å².